The molecule has 96 valence electrons. The summed E-state index contributed by atoms with van der Waals surface area (Å²) in [6.45, 7) is 9.43. The number of hydrogen-bond acceptors (Lipinski definition) is 3. The smallest absolute Gasteiger partial charge is 0.0803 e. The predicted octanol–water partition coefficient (Wildman–Crippen LogP) is 2.21. The van der Waals surface area contributed by atoms with Crippen LogP contribution in [0.25, 0.3) is 0 Å². The molecule has 0 aromatic heterocycles. The molecule has 0 aliphatic carbocycles. The first-order chi connectivity index (χ1) is 7.68. The fourth-order valence-corrected chi connectivity index (χ4v) is 2.49. The zero-order valence-corrected chi connectivity index (χ0v) is 11.2. The highest BCUT2D eigenvalue weighted by Gasteiger charge is 2.39. The van der Waals surface area contributed by atoms with Crippen LogP contribution in [0, 0.1) is 5.92 Å². The van der Waals surface area contributed by atoms with Crippen molar-refractivity contribution in [3.05, 3.63) is 0 Å². The van der Waals surface area contributed by atoms with E-state index >= 15 is 0 Å². The Kier molecular flexibility index (Phi) is 5.73. The maximum Gasteiger partial charge on any atom is 0.0803 e. The quantitative estimate of drug-likeness (QED) is 0.726. The van der Waals surface area contributed by atoms with E-state index in [1.807, 2.05) is 7.11 Å². The molecule has 3 heteroatoms. The fourth-order valence-electron chi connectivity index (χ4n) is 2.49. The lowest BCUT2D eigenvalue weighted by Gasteiger charge is -2.39. The summed E-state index contributed by atoms with van der Waals surface area (Å²) in [7, 11) is 1.82. The normalized spacial score (nSPS) is 26.6. The Morgan fingerprint density at radius 2 is 2.25 bits per heavy atom. The zero-order chi connectivity index (χ0) is 12.0. The molecule has 3 atom stereocenters. The first-order valence-corrected chi connectivity index (χ1v) is 6.54. The Morgan fingerprint density at radius 1 is 1.50 bits per heavy atom. The molecule has 1 saturated heterocycles. The lowest BCUT2D eigenvalue weighted by atomic mass is 9.83. The molecule has 16 heavy (non-hydrogen) atoms. The van der Waals surface area contributed by atoms with Crippen molar-refractivity contribution in [1.82, 2.24) is 5.32 Å². The highest BCUT2D eigenvalue weighted by molar-refractivity contribution is 4.94. The Hall–Kier alpha value is -0.120. The Labute approximate surface area is 99.9 Å². The van der Waals surface area contributed by atoms with Gasteiger partial charge in [0.15, 0.2) is 0 Å². The third-order valence-electron chi connectivity index (χ3n) is 3.88. The van der Waals surface area contributed by atoms with E-state index in [0.717, 1.165) is 39.0 Å². The molecule has 1 aliphatic heterocycles. The number of nitrogens with one attached hydrogen (secondary N) is 1. The Bertz CT molecular complexity index is 186. The van der Waals surface area contributed by atoms with Crippen molar-refractivity contribution in [2.24, 2.45) is 5.92 Å². The molecule has 1 rings (SSSR count). The van der Waals surface area contributed by atoms with Crippen molar-refractivity contribution in [2.45, 2.75) is 51.7 Å². The van der Waals surface area contributed by atoms with E-state index in [0.29, 0.717) is 12.0 Å². The topological polar surface area (TPSA) is 30.5 Å². The van der Waals surface area contributed by atoms with Gasteiger partial charge >= 0.3 is 0 Å². The van der Waals surface area contributed by atoms with Gasteiger partial charge in [0.2, 0.25) is 0 Å². The molecule has 0 bridgehead atoms. The van der Waals surface area contributed by atoms with Crippen LogP contribution in [0.2, 0.25) is 0 Å². The maximum absolute atomic E-state index is 5.74. The molecule has 3 nitrogen and oxygen atoms in total. The van der Waals surface area contributed by atoms with Gasteiger partial charge < -0.3 is 14.8 Å². The lowest BCUT2D eigenvalue weighted by Crippen LogP contribution is -2.54. The van der Waals surface area contributed by atoms with E-state index in [1.54, 1.807) is 0 Å². The van der Waals surface area contributed by atoms with Gasteiger partial charge in [0, 0.05) is 25.7 Å². The molecule has 1 N–H and O–H groups in total. The molecule has 0 aromatic carbocycles. The summed E-state index contributed by atoms with van der Waals surface area (Å²) in [5.74, 6) is 0.594. The summed E-state index contributed by atoms with van der Waals surface area (Å²) in [5, 5.41) is 3.65. The number of methoxy groups -OCH3 is 1. The molecule has 0 saturated carbocycles. The van der Waals surface area contributed by atoms with Gasteiger partial charge in [0.25, 0.3) is 0 Å². The summed E-state index contributed by atoms with van der Waals surface area (Å²) >= 11 is 0. The van der Waals surface area contributed by atoms with Crippen LogP contribution in [-0.4, -0.2) is 38.5 Å². The van der Waals surface area contributed by atoms with Crippen LogP contribution in [0.1, 0.15) is 40.0 Å². The van der Waals surface area contributed by atoms with Crippen LogP contribution in [0.3, 0.4) is 0 Å². The SMILES string of the molecule is CCCNC(C1CCOC1)C(C)(CC)OC. The zero-order valence-electron chi connectivity index (χ0n) is 11.2. The van der Waals surface area contributed by atoms with Crippen LogP contribution in [-0.2, 0) is 9.47 Å². The minimum Gasteiger partial charge on any atom is -0.381 e. The summed E-state index contributed by atoms with van der Waals surface area (Å²) in [5.41, 5.74) is -0.0759. The van der Waals surface area contributed by atoms with E-state index < -0.39 is 0 Å². The van der Waals surface area contributed by atoms with Gasteiger partial charge in [-0.05, 0) is 32.7 Å². The molecule has 3 unspecified atom stereocenters. The van der Waals surface area contributed by atoms with Gasteiger partial charge in [-0.25, -0.2) is 0 Å². The first-order valence-electron chi connectivity index (χ1n) is 6.54. The number of hydrogen-bond donors (Lipinski definition) is 1. The summed E-state index contributed by atoms with van der Waals surface area (Å²) in [6, 6.07) is 0.407. The van der Waals surface area contributed by atoms with Gasteiger partial charge in [0.1, 0.15) is 0 Å². The van der Waals surface area contributed by atoms with Gasteiger partial charge in [-0.1, -0.05) is 13.8 Å². The average Bonchev–Trinajstić information content (AvgIpc) is 2.82. The van der Waals surface area contributed by atoms with Crippen molar-refractivity contribution in [1.29, 1.82) is 0 Å². The molecular weight excluding hydrogens is 202 g/mol. The van der Waals surface area contributed by atoms with E-state index in [1.165, 1.54) is 0 Å². The summed E-state index contributed by atoms with van der Waals surface area (Å²) < 4.78 is 11.2. The fraction of sp³-hybridized carbons (Fsp3) is 1.00. The van der Waals surface area contributed by atoms with Crippen molar-refractivity contribution < 1.29 is 9.47 Å². The van der Waals surface area contributed by atoms with E-state index in [4.69, 9.17) is 9.47 Å². The van der Waals surface area contributed by atoms with Crippen LogP contribution in [0.4, 0.5) is 0 Å². The van der Waals surface area contributed by atoms with Gasteiger partial charge in [-0.2, -0.15) is 0 Å². The monoisotopic (exact) mass is 229 g/mol. The second-order valence-electron chi connectivity index (χ2n) is 4.93. The minimum atomic E-state index is -0.0759. The molecule has 0 aromatic rings. The second kappa shape index (κ2) is 6.58. The van der Waals surface area contributed by atoms with Crippen molar-refractivity contribution in [2.75, 3.05) is 26.9 Å². The van der Waals surface area contributed by atoms with E-state index in [9.17, 15) is 0 Å². The standard InChI is InChI=1S/C13H27NO2/c1-5-8-14-12(11-7-9-16-10-11)13(3,6-2)15-4/h11-12,14H,5-10H2,1-4H3. The molecule has 0 amide bonds. The lowest BCUT2D eigenvalue weighted by molar-refractivity contribution is -0.0461. The number of ether oxygens (including phenoxy) is 2. The highest BCUT2D eigenvalue weighted by Crippen LogP contribution is 2.29. The molecule has 1 fully saturated rings. The molecule has 1 heterocycles. The van der Waals surface area contributed by atoms with Crippen molar-refractivity contribution in [3.63, 3.8) is 0 Å². The van der Waals surface area contributed by atoms with Gasteiger partial charge in [0.05, 0.1) is 12.2 Å². The van der Waals surface area contributed by atoms with Gasteiger partial charge in [-0.3, -0.25) is 0 Å². The second-order valence-corrected chi connectivity index (χ2v) is 4.93. The van der Waals surface area contributed by atoms with Crippen LogP contribution in [0.5, 0.6) is 0 Å². The van der Waals surface area contributed by atoms with Gasteiger partial charge in [-0.15, -0.1) is 0 Å². The molecule has 1 aliphatic rings. The first kappa shape index (κ1) is 13.9. The minimum absolute atomic E-state index is 0.0759. The molecule has 0 radical (unpaired) electrons. The number of rotatable bonds is 7. The Balaban J connectivity index is 2.67. The third kappa shape index (κ3) is 3.19. The largest absolute Gasteiger partial charge is 0.381 e. The molecular formula is C13H27NO2. The summed E-state index contributed by atoms with van der Waals surface area (Å²) in [6.07, 6.45) is 3.34. The van der Waals surface area contributed by atoms with Crippen LogP contribution < -0.4 is 5.32 Å². The van der Waals surface area contributed by atoms with E-state index in [2.05, 4.69) is 26.1 Å². The predicted molar refractivity (Wildman–Crippen MR) is 66.7 cm³/mol. The highest BCUT2D eigenvalue weighted by atomic mass is 16.5. The maximum atomic E-state index is 5.74. The van der Waals surface area contributed by atoms with Crippen molar-refractivity contribution >= 4 is 0 Å². The van der Waals surface area contributed by atoms with Crippen molar-refractivity contribution in [3.8, 4) is 0 Å². The van der Waals surface area contributed by atoms with E-state index in [-0.39, 0.29) is 5.60 Å². The average molecular weight is 229 g/mol. The summed E-state index contributed by atoms with van der Waals surface area (Å²) in [4.78, 5) is 0. The third-order valence-corrected chi connectivity index (χ3v) is 3.88. The van der Waals surface area contributed by atoms with Crippen LogP contribution in [0.15, 0.2) is 0 Å². The molecule has 0 spiro atoms. The van der Waals surface area contributed by atoms with Crippen LogP contribution >= 0.6 is 0 Å². The Morgan fingerprint density at radius 3 is 2.69 bits per heavy atom.